The number of aromatic nitrogens is 3. The molecule has 22 heavy (non-hydrogen) atoms. The molecule has 0 spiro atoms. The van der Waals surface area contributed by atoms with Crippen molar-refractivity contribution in [3.8, 4) is 11.1 Å². The second-order valence-corrected chi connectivity index (χ2v) is 4.70. The fraction of sp³-hybridized carbons (Fsp3) is 0.214. The maximum absolute atomic E-state index is 14.0. The summed E-state index contributed by atoms with van der Waals surface area (Å²) >= 11 is 0. The molecule has 0 aliphatic heterocycles. The van der Waals surface area contributed by atoms with Gasteiger partial charge in [0, 0.05) is 35.2 Å². The molecule has 0 saturated heterocycles. The largest absolute Gasteiger partial charge is 0.478 e. The van der Waals surface area contributed by atoms with E-state index in [0.717, 1.165) is 25.1 Å². The third-order valence-corrected chi connectivity index (χ3v) is 3.15. The summed E-state index contributed by atoms with van der Waals surface area (Å²) in [5.41, 5.74) is 1.37. The second kappa shape index (κ2) is 7.38. The predicted molar refractivity (Wildman–Crippen MR) is 84.9 cm³/mol. The smallest absolute Gasteiger partial charge is 0.328 e. The summed E-state index contributed by atoms with van der Waals surface area (Å²) in [6, 6.07) is 0.409. The lowest BCUT2D eigenvalue weighted by Gasteiger charge is -2.04. The second-order valence-electron chi connectivity index (χ2n) is 4.70. The maximum atomic E-state index is 14.0. The van der Waals surface area contributed by atoms with Gasteiger partial charge < -0.3 is 5.11 Å². The van der Waals surface area contributed by atoms with E-state index in [9.17, 15) is 9.18 Å². The Morgan fingerprint density at radius 1 is 1.32 bits per heavy atom. The van der Waals surface area contributed by atoms with Crippen LogP contribution in [0, 0.1) is 5.82 Å². The first-order valence-corrected chi connectivity index (χ1v) is 6.24. The van der Waals surface area contributed by atoms with E-state index in [0.29, 0.717) is 22.7 Å². The molecule has 1 aliphatic rings. The molecule has 3 rings (SSSR count). The molecule has 0 amide bonds. The van der Waals surface area contributed by atoms with Crippen molar-refractivity contribution in [3.05, 3.63) is 42.2 Å². The Kier molecular flexibility index (Phi) is 6.08. The quantitative estimate of drug-likeness (QED) is 0.862. The van der Waals surface area contributed by atoms with Gasteiger partial charge >= 0.3 is 5.97 Å². The molecule has 118 valence electrons. The lowest BCUT2D eigenvalue weighted by atomic mass is 10.0. The Balaban J connectivity index is 0.00000121. The molecule has 2 aromatic rings. The third-order valence-electron chi connectivity index (χ3n) is 3.15. The molecule has 0 aromatic carbocycles. The molecule has 8 heteroatoms. The molecule has 1 aliphatic carbocycles. The van der Waals surface area contributed by atoms with Gasteiger partial charge in [-0.3, -0.25) is 9.67 Å². The van der Waals surface area contributed by atoms with Crippen molar-refractivity contribution < 1.29 is 14.3 Å². The van der Waals surface area contributed by atoms with Crippen LogP contribution >= 0.6 is 24.8 Å². The molecule has 0 atom stereocenters. The molecule has 0 unspecified atom stereocenters. The van der Waals surface area contributed by atoms with E-state index in [2.05, 4.69) is 10.1 Å². The first-order valence-electron chi connectivity index (χ1n) is 6.24. The highest BCUT2D eigenvalue weighted by Gasteiger charge is 2.25. The Bertz CT molecular complexity index is 699. The van der Waals surface area contributed by atoms with Crippen LogP contribution in [0.2, 0.25) is 0 Å². The van der Waals surface area contributed by atoms with Crippen LogP contribution in [0.5, 0.6) is 0 Å². The number of hydrogen-bond acceptors (Lipinski definition) is 3. The van der Waals surface area contributed by atoms with Crippen molar-refractivity contribution >= 4 is 36.9 Å². The predicted octanol–water partition coefficient (Wildman–Crippen LogP) is 3.36. The first kappa shape index (κ1) is 18.1. The van der Waals surface area contributed by atoms with Crippen molar-refractivity contribution in [3.63, 3.8) is 0 Å². The fourth-order valence-electron chi connectivity index (χ4n) is 2.05. The average molecular weight is 346 g/mol. The van der Waals surface area contributed by atoms with E-state index in [1.165, 1.54) is 12.3 Å². The van der Waals surface area contributed by atoms with Crippen molar-refractivity contribution in [1.29, 1.82) is 0 Å². The summed E-state index contributed by atoms with van der Waals surface area (Å²) in [4.78, 5) is 14.3. The van der Waals surface area contributed by atoms with E-state index in [1.54, 1.807) is 12.4 Å². The van der Waals surface area contributed by atoms with Gasteiger partial charge in [-0.15, -0.1) is 24.8 Å². The summed E-state index contributed by atoms with van der Waals surface area (Å²) in [5.74, 6) is -1.58. The van der Waals surface area contributed by atoms with E-state index in [-0.39, 0.29) is 24.8 Å². The molecular weight excluding hydrogens is 332 g/mol. The van der Waals surface area contributed by atoms with Crippen LogP contribution in [0.15, 0.2) is 30.9 Å². The number of halogens is 3. The van der Waals surface area contributed by atoms with Gasteiger partial charge in [0.05, 0.1) is 18.4 Å². The van der Waals surface area contributed by atoms with Crippen LogP contribution in [0.3, 0.4) is 0 Å². The van der Waals surface area contributed by atoms with Crippen LogP contribution in [-0.2, 0) is 4.79 Å². The van der Waals surface area contributed by atoms with E-state index < -0.39 is 11.8 Å². The molecule has 5 nitrogen and oxygen atoms in total. The maximum Gasteiger partial charge on any atom is 0.328 e. The molecule has 1 fully saturated rings. The number of rotatable bonds is 4. The fourth-order valence-corrected chi connectivity index (χ4v) is 2.05. The molecule has 2 heterocycles. The minimum Gasteiger partial charge on any atom is -0.478 e. The van der Waals surface area contributed by atoms with Crippen molar-refractivity contribution in [2.24, 2.45) is 0 Å². The number of hydrogen-bond donors (Lipinski definition) is 1. The van der Waals surface area contributed by atoms with Crippen LogP contribution in [0.1, 0.15) is 24.4 Å². The van der Waals surface area contributed by atoms with Crippen molar-refractivity contribution in [2.75, 3.05) is 0 Å². The monoisotopic (exact) mass is 345 g/mol. The van der Waals surface area contributed by atoms with Crippen molar-refractivity contribution in [1.82, 2.24) is 14.8 Å². The zero-order valence-corrected chi connectivity index (χ0v) is 13.0. The number of aliphatic carboxylic acids is 1. The Morgan fingerprint density at radius 2 is 2.05 bits per heavy atom. The molecule has 1 saturated carbocycles. The van der Waals surface area contributed by atoms with Gasteiger partial charge in [-0.1, -0.05) is 0 Å². The van der Waals surface area contributed by atoms with Crippen LogP contribution in [-0.4, -0.2) is 25.8 Å². The van der Waals surface area contributed by atoms with Crippen LogP contribution in [0.4, 0.5) is 4.39 Å². The Labute approximate surface area is 138 Å². The zero-order valence-electron chi connectivity index (χ0n) is 11.3. The molecule has 0 bridgehead atoms. The summed E-state index contributed by atoms with van der Waals surface area (Å²) < 4.78 is 15.8. The van der Waals surface area contributed by atoms with Crippen LogP contribution in [0.25, 0.3) is 17.2 Å². The van der Waals surface area contributed by atoms with E-state index in [4.69, 9.17) is 5.11 Å². The number of carboxylic acids is 1. The van der Waals surface area contributed by atoms with E-state index in [1.807, 2.05) is 4.68 Å². The topological polar surface area (TPSA) is 68.0 Å². The van der Waals surface area contributed by atoms with Gasteiger partial charge in [0.1, 0.15) is 5.82 Å². The van der Waals surface area contributed by atoms with Gasteiger partial charge in [-0.25, -0.2) is 9.18 Å². The van der Waals surface area contributed by atoms with Gasteiger partial charge in [0.25, 0.3) is 0 Å². The van der Waals surface area contributed by atoms with Gasteiger partial charge in [0.2, 0.25) is 0 Å². The molecular formula is C14H14Cl2FN3O2. The van der Waals surface area contributed by atoms with Gasteiger partial charge in [-0.05, 0) is 18.9 Å². The minimum atomic E-state index is -1.09. The van der Waals surface area contributed by atoms with Gasteiger partial charge in [0.15, 0.2) is 0 Å². The number of carboxylic acid groups (broad SMARTS) is 1. The van der Waals surface area contributed by atoms with E-state index >= 15 is 0 Å². The average Bonchev–Trinajstić information content (AvgIpc) is 3.15. The molecule has 1 N–H and O–H groups in total. The highest BCUT2D eigenvalue weighted by Crippen LogP contribution is 2.36. The van der Waals surface area contributed by atoms with Crippen LogP contribution < -0.4 is 0 Å². The summed E-state index contributed by atoms with van der Waals surface area (Å²) in [7, 11) is 0. The normalized spacial score (nSPS) is 13.5. The standard InChI is InChI=1S/C14H12FN3O2.2ClH/c15-12-7-16-5-9(1-4-13(19)20)14(12)10-6-17-18(8-10)11-2-3-11;;/h1,4-8,11H,2-3H2,(H,19,20);2*1H/b4-1+;;. The van der Waals surface area contributed by atoms with Crippen molar-refractivity contribution in [2.45, 2.75) is 18.9 Å². The SMILES string of the molecule is Cl.Cl.O=C(O)/C=C/c1cncc(F)c1-c1cnn(C2CC2)c1. The number of pyridine rings is 1. The summed E-state index contributed by atoms with van der Waals surface area (Å²) in [6.07, 6.45) is 10.4. The molecule has 2 aromatic heterocycles. The number of carbonyl (C=O) groups is 1. The summed E-state index contributed by atoms with van der Waals surface area (Å²) in [5, 5.41) is 12.9. The Morgan fingerprint density at radius 3 is 2.68 bits per heavy atom. The Hall–Kier alpha value is -1.92. The zero-order chi connectivity index (χ0) is 14.1. The molecule has 0 radical (unpaired) electrons. The minimum absolute atomic E-state index is 0. The lowest BCUT2D eigenvalue weighted by molar-refractivity contribution is -0.131. The van der Waals surface area contributed by atoms with Gasteiger partial charge in [-0.2, -0.15) is 5.10 Å². The number of nitrogens with zero attached hydrogens (tertiary/aromatic N) is 3. The highest BCUT2D eigenvalue weighted by atomic mass is 35.5. The summed E-state index contributed by atoms with van der Waals surface area (Å²) in [6.45, 7) is 0. The third kappa shape index (κ3) is 3.84. The highest BCUT2D eigenvalue weighted by molar-refractivity contribution is 5.87. The first-order chi connectivity index (χ1) is 9.65. The lowest BCUT2D eigenvalue weighted by Crippen LogP contribution is -1.93.